The first kappa shape index (κ1) is 70.6. The Morgan fingerprint density at radius 2 is 0.605 bits per heavy atom. The summed E-state index contributed by atoms with van der Waals surface area (Å²) in [5.41, 5.74) is 32.0. The molecule has 0 unspecified atom stereocenters. The van der Waals surface area contributed by atoms with E-state index < -0.39 is 10.8 Å². The third-order valence-electron chi connectivity index (χ3n) is 25.9. The quantitative estimate of drug-likeness (QED) is 0.139. The summed E-state index contributed by atoms with van der Waals surface area (Å²) >= 11 is 0. The van der Waals surface area contributed by atoms with Crippen molar-refractivity contribution in [1.29, 1.82) is 0 Å². The van der Waals surface area contributed by atoms with Crippen molar-refractivity contribution in [3.8, 4) is 135 Å². The monoisotopic (exact) mass is 1580 g/mol. The number of fused-ring (bicyclic) bond motifs is 28. The second-order valence-corrected chi connectivity index (χ2v) is 32.5. The van der Waals surface area contributed by atoms with Crippen molar-refractivity contribution in [2.45, 2.75) is 10.8 Å². The Kier molecular flexibility index (Phi) is 16.0. The molecule has 26 rings (SSSR count). The summed E-state index contributed by atoms with van der Waals surface area (Å²) in [6.07, 6.45) is 0. The van der Waals surface area contributed by atoms with Gasteiger partial charge in [-0.15, -0.1) is 0 Å². The average molecular weight is 1580 g/mol. The van der Waals surface area contributed by atoms with Crippen LogP contribution in [0.5, 0.6) is 23.0 Å². The molecule has 0 fully saturated rings. The molecule has 0 radical (unpaired) electrons. The van der Waals surface area contributed by atoms with Gasteiger partial charge in [0.25, 0.3) is 0 Å². The highest BCUT2D eigenvalue weighted by atomic mass is 16.5. The van der Waals surface area contributed by atoms with Gasteiger partial charge in [-0.2, -0.15) is 0 Å². The van der Waals surface area contributed by atoms with E-state index >= 15 is 0 Å². The van der Waals surface area contributed by atoms with Crippen LogP contribution in [-0.4, -0.2) is 29.9 Å². The lowest BCUT2D eigenvalue weighted by molar-refractivity contribution is 0.437. The SMILES string of the molecule is c1ccc(-c2cc(-c3ccc(-c4ccc(-c5nc6ccccc6c6cc7c(cc56)C5(c6ccccc6O7)c6ccccc6-c6ccccc65)cc4)cc3)nc(-c3ccccc3)n2)cc1.c1ccc(-c2ccc3ccc4ccc(-c5ccc6nc(-c7ccccc7)c7c8c(ccc7c6c5)C5(c6ccccc6O8)c6ccccc6-c6ccccc65)nc4c3n2)cc1. The van der Waals surface area contributed by atoms with Gasteiger partial charge >= 0.3 is 0 Å². The van der Waals surface area contributed by atoms with Crippen molar-refractivity contribution in [2.24, 2.45) is 0 Å². The molecule has 2 aliphatic heterocycles. The van der Waals surface area contributed by atoms with Crippen molar-refractivity contribution in [3.05, 3.63) is 469 Å². The van der Waals surface area contributed by atoms with E-state index in [4.69, 9.17) is 39.4 Å². The molecule has 22 aromatic rings. The number of benzene rings is 17. The summed E-state index contributed by atoms with van der Waals surface area (Å²) in [4.78, 5) is 31.5. The third kappa shape index (κ3) is 10.9. The third-order valence-corrected chi connectivity index (χ3v) is 25.9. The number of hydrogen-bond donors (Lipinski definition) is 0. The molecule has 7 heterocycles. The molecule has 0 saturated heterocycles. The average Bonchev–Trinajstić information content (AvgIpc) is 1.47. The first-order valence-electron chi connectivity index (χ1n) is 42.2. The summed E-state index contributed by atoms with van der Waals surface area (Å²) in [7, 11) is 0. The van der Waals surface area contributed by atoms with Crippen LogP contribution in [0.4, 0.5) is 0 Å². The smallest absolute Gasteiger partial charge is 0.160 e. The summed E-state index contributed by atoms with van der Waals surface area (Å²) in [5.74, 6) is 4.15. The Hall–Kier alpha value is -16.4. The highest BCUT2D eigenvalue weighted by molar-refractivity contribution is 6.16. The predicted molar refractivity (Wildman–Crippen MR) is 503 cm³/mol. The van der Waals surface area contributed by atoms with E-state index in [0.29, 0.717) is 5.82 Å². The van der Waals surface area contributed by atoms with Crippen LogP contribution in [0.2, 0.25) is 0 Å². The molecule has 2 spiro atoms. The Balaban J connectivity index is 0.000000136. The van der Waals surface area contributed by atoms with Crippen LogP contribution >= 0.6 is 0 Å². The van der Waals surface area contributed by atoms with Gasteiger partial charge in [-0.25, -0.2) is 29.9 Å². The number of nitrogens with zero attached hydrogens (tertiary/aromatic N) is 6. The van der Waals surface area contributed by atoms with Crippen LogP contribution in [-0.2, 0) is 10.8 Å². The number of ether oxygens (including phenoxy) is 2. The molecule has 0 amide bonds. The van der Waals surface area contributed by atoms with Gasteiger partial charge in [-0.3, -0.25) is 0 Å². The minimum absolute atomic E-state index is 0.567. The summed E-state index contributed by atoms with van der Waals surface area (Å²) < 4.78 is 14.1. The number of rotatable bonds is 8. The molecule has 17 aromatic carbocycles. The van der Waals surface area contributed by atoms with Gasteiger partial charge in [0, 0.05) is 88.1 Å². The van der Waals surface area contributed by atoms with E-state index in [1.807, 2.05) is 54.6 Å². The Bertz CT molecular complexity index is 8010. The van der Waals surface area contributed by atoms with Crippen LogP contribution in [0.1, 0.15) is 44.5 Å². The van der Waals surface area contributed by atoms with Crippen molar-refractivity contribution in [1.82, 2.24) is 29.9 Å². The molecule has 0 N–H and O–H groups in total. The van der Waals surface area contributed by atoms with Gasteiger partial charge in [-0.05, 0) is 127 Å². The first-order chi connectivity index (χ1) is 61.4. The highest BCUT2D eigenvalue weighted by Crippen LogP contribution is 2.66. The second kappa shape index (κ2) is 28.1. The molecule has 124 heavy (non-hydrogen) atoms. The molecule has 2 aliphatic carbocycles. The molecule has 8 heteroatoms. The maximum atomic E-state index is 7.20. The fraction of sp³-hybridized carbons (Fsp3) is 0.0172. The summed E-state index contributed by atoms with van der Waals surface area (Å²) in [5, 5.41) is 8.53. The Morgan fingerprint density at radius 1 is 0.194 bits per heavy atom. The molecular formula is C116H70N6O2. The van der Waals surface area contributed by atoms with Crippen LogP contribution in [0.25, 0.3) is 177 Å². The van der Waals surface area contributed by atoms with Gasteiger partial charge in [0.15, 0.2) is 5.82 Å². The van der Waals surface area contributed by atoms with Gasteiger partial charge in [0.05, 0.1) is 72.4 Å². The molecule has 0 bridgehead atoms. The van der Waals surface area contributed by atoms with E-state index in [1.54, 1.807) is 0 Å². The van der Waals surface area contributed by atoms with Crippen LogP contribution in [0.3, 0.4) is 0 Å². The molecule has 4 aliphatic rings. The lowest BCUT2D eigenvalue weighted by Crippen LogP contribution is -2.32. The van der Waals surface area contributed by atoms with Crippen LogP contribution in [0.15, 0.2) is 425 Å². The van der Waals surface area contributed by atoms with Gasteiger partial charge < -0.3 is 9.47 Å². The Morgan fingerprint density at radius 3 is 1.18 bits per heavy atom. The largest absolute Gasteiger partial charge is 0.457 e. The van der Waals surface area contributed by atoms with E-state index in [2.05, 4.69) is 370 Å². The van der Waals surface area contributed by atoms with Crippen molar-refractivity contribution in [3.63, 3.8) is 0 Å². The maximum Gasteiger partial charge on any atom is 0.160 e. The van der Waals surface area contributed by atoms with E-state index in [0.717, 1.165) is 195 Å². The Labute approximate surface area is 715 Å². The zero-order chi connectivity index (χ0) is 81.6. The molecule has 576 valence electrons. The number of para-hydroxylation sites is 3. The first-order valence-corrected chi connectivity index (χ1v) is 42.2. The molecular weight excluding hydrogens is 1510 g/mol. The van der Waals surface area contributed by atoms with Gasteiger partial charge in [-0.1, -0.05) is 364 Å². The predicted octanol–water partition coefficient (Wildman–Crippen LogP) is 28.9. The number of hydrogen-bond acceptors (Lipinski definition) is 8. The maximum absolute atomic E-state index is 7.20. The normalized spacial score (nSPS) is 13.1. The number of aromatic nitrogens is 6. The molecule has 8 nitrogen and oxygen atoms in total. The van der Waals surface area contributed by atoms with Gasteiger partial charge in [0.1, 0.15) is 23.0 Å². The fourth-order valence-corrected chi connectivity index (χ4v) is 20.3. The van der Waals surface area contributed by atoms with E-state index in [9.17, 15) is 0 Å². The van der Waals surface area contributed by atoms with Crippen LogP contribution in [0, 0.1) is 0 Å². The topological polar surface area (TPSA) is 95.8 Å². The zero-order valence-electron chi connectivity index (χ0n) is 66.9. The van der Waals surface area contributed by atoms with Crippen molar-refractivity contribution in [2.75, 3.05) is 0 Å². The summed E-state index contributed by atoms with van der Waals surface area (Å²) in [6, 6.07) is 151. The minimum Gasteiger partial charge on any atom is -0.457 e. The lowest BCUT2D eigenvalue weighted by Gasteiger charge is -2.40. The van der Waals surface area contributed by atoms with E-state index in [-0.39, 0.29) is 0 Å². The molecule has 0 atom stereocenters. The lowest BCUT2D eigenvalue weighted by atomic mass is 9.65. The fourth-order valence-electron chi connectivity index (χ4n) is 20.3. The summed E-state index contributed by atoms with van der Waals surface area (Å²) in [6.45, 7) is 0. The second-order valence-electron chi connectivity index (χ2n) is 32.5. The van der Waals surface area contributed by atoms with E-state index in [1.165, 1.54) is 44.5 Å². The van der Waals surface area contributed by atoms with Crippen LogP contribution < -0.4 is 9.47 Å². The number of pyridine rings is 4. The van der Waals surface area contributed by atoms with Gasteiger partial charge in [0.2, 0.25) is 0 Å². The minimum atomic E-state index is -0.581. The standard InChI is InChI=1S/C60H37N3O.C56H33N3O/c1-3-15-40(16-4-1)54-37-55(63-59(62-54)43-17-5-2-6-18-43)41-31-27-38(28-32-41)39-29-33-42(34-30-39)58-48-35-52-57(36-47(48)46-21-9-13-25-53(46)61-58)64-56-26-14-12-24-51(56)60(52)49-22-10-7-19-44(49)45-20-8-11-23-50(45)60;1-3-13-34(14-4-1)47-30-25-36-23-24-37-26-31-48(58-54(37)53(36)57-47)38-27-32-49-42(33-38)41-28-29-46-55(51(41)52(59-49)35-15-5-2-6-16-35)60-50-22-12-11-21-45(50)56(46)43-19-9-7-17-39(43)40-18-8-10-20-44(40)56/h1-37H;1-33H. The molecule has 5 aromatic heterocycles. The highest BCUT2D eigenvalue weighted by Gasteiger charge is 2.53. The van der Waals surface area contributed by atoms with Crippen molar-refractivity contribution < 1.29 is 9.47 Å². The zero-order valence-corrected chi connectivity index (χ0v) is 66.9. The van der Waals surface area contributed by atoms with Crippen molar-refractivity contribution >= 4 is 65.2 Å². The molecule has 0 saturated carbocycles.